The van der Waals surface area contributed by atoms with Gasteiger partial charge in [0.15, 0.2) is 0 Å². The van der Waals surface area contributed by atoms with Crippen molar-refractivity contribution in [2.24, 2.45) is 5.41 Å². The highest BCUT2D eigenvalue weighted by molar-refractivity contribution is 7.89. The number of nitrogens with zero attached hydrogens (tertiary/aromatic N) is 4. The number of anilines is 1. The van der Waals surface area contributed by atoms with Crippen molar-refractivity contribution in [1.82, 2.24) is 19.3 Å². The summed E-state index contributed by atoms with van der Waals surface area (Å²) in [5.41, 5.74) is 1.86. The van der Waals surface area contributed by atoms with Gasteiger partial charge >= 0.3 is 0 Å². The van der Waals surface area contributed by atoms with Crippen LogP contribution in [-0.2, 0) is 10.0 Å². The molecular formula is C21H25N5O2S. The summed E-state index contributed by atoms with van der Waals surface area (Å²) < 4.78 is 28.6. The summed E-state index contributed by atoms with van der Waals surface area (Å²) >= 11 is 0. The molecule has 8 heteroatoms. The zero-order chi connectivity index (χ0) is 20.2. The number of hydrogen-bond donors (Lipinski definition) is 1. The maximum absolute atomic E-state index is 13.5. The van der Waals surface area contributed by atoms with E-state index in [1.807, 2.05) is 38.2 Å². The van der Waals surface area contributed by atoms with E-state index in [9.17, 15) is 8.42 Å². The van der Waals surface area contributed by atoms with Gasteiger partial charge in [-0.15, -0.1) is 0 Å². The Kier molecular flexibility index (Phi) is 4.18. The Hall–Kier alpha value is -2.45. The summed E-state index contributed by atoms with van der Waals surface area (Å²) in [4.78, 5) is 14.6. The quantitative estimate of drug-likeness (QED) is 0.717. The Balaban J connectivity index is 1.52. The minimum atomic E-state index is -3.55. The largest absolute Gasteiger partial charge is 0.354 e. The Morgan fingerprint density at radius 1 is 1.10 bits per heavy atom. The Bertz CT molecular complexity index is 1150. The minimum Gasteiger partial charge on any atom is -0.354 e. The normalized spacial score (nSPS) is 22.1. The first-order valence-corrected chi connectivity index (χ1v) is 11.4. The van der Waals surface area contributed by atoms with Gasteiger partial charge in [0.25, 0.3) is 0 Å². The lowest BCUT2D eigenvalue weighted by molar-refractivity contribution is 0.312. The van der Waals surface area contributed by atoms with Crippen molar-refractivity contribution in [3.05, 3.63) is 48.4 Å². The number of fused-ring (bicyclic) bond motifs is 1. The summed E-state index contributed by atoms with van der Waals surface area (Å²) in [6, 6.07) is 8.97. The second kappa shape index (κ2) is 6.53. The summed E-state index contributed by atoms with van der Waals surface area (Å²) in [6.07, 6.45) is 5.52. The molecule has 0 bridgehead atoms. The summed E-state index contributed by atoms with van der Waals surface area (Å²) in [5.74, 6) is 0.879. The number of aryl methyl sites for hydroxylation is 1. The molecule has 1 atom stereocenters. The van der Waals surface area contributed by atoms with Gasteiger partial charge in [-0.05, 0) is 44.9 Å². The molecular weight excluding hydrogens is 386 g/mol. The van der Waals surface area contributed by atoms with Gasteiger partial charge in [0.2, 0.25) is 10.0 Å². The van der Waals surface area contributed by atoms with Crippen molar-refractivity contribution >= 4 is 26.9 Å². The van der Waals surface area contributed by atoms with Crippen molar-refractivity contribution in [1.29, 1.82) is 0 Å². The smallest absolute Gasteiger partial charge is 0.243 e. The second-order valence-corrected chi connectivity index (χ2v) is 10.4. The van der Waals surface area contributed by atoms with E-state index in [1.54, 1.807) is 22.8 Å². The molecule has 7 nitrogen and oxygen atoms in total. The summed E-state index contributed by atoms with van der Waals surface area (Å²) in [5, 5.41) is 0.977. The molecule has 2 fully saturated rings. The third-order valence-electron chi connectivity index (χ3n) is 6.21. The van der Waals surface area contributed by atoms with Gasteiger partial charge < -0.3 is 9.88 Å². The first kappa shape index (κ1) is 18.6. The highest BCUT2D eigenvalue weighted by Gasteiger charge is 2.51. The molecule has 1 unspecified atom stereocenters. The number of aromatic nitrogens is 3. The van der Waals surface area contributed by atoms with Crippen molar-refractivity contribution in [3.63, 3.8) is 0 Å². The number of rotatable bonds is 3. The van der Waals surface area contributed by atoms with E-state index in [-0.39, 0.29) is 11.5 Å². The molecule has 1 N–H and O–H groups in total. The lowest BCUT2D eigenvalue weighted by atomic mass is 10.1. The van der Waals surface area contributed by atoms with Gasteiger partial charge in [-0.1, -0.05) is 17.7 Å². The second-order valence-electron chi connectivity index (χ2n) is 8.53. The van der Waals surface area contributed by atoms with E-state index in [4.69, 9.17) is 0 Å². The molecule has 2 aromatic heterocycles. The van der Waals surface area contributed by atoms with Crippen LogP contribution in [0.4, 0.5) is 5.82 Å². The molecule has 0 radical (unpaired) electrons. The number of sulfonamides is 1. The van der Waals surface area contributed by atoms with Gasteiger partial charge in [0.05, 0.1) is 10.3 Å². The molecule has 1 spiro atoms. The van der Waals surface area contributed by atoms with Crippen LogP contribution in [-0.4, -0.2) is 53.4 Å². The van der Waals surface area contributed by atoms with Crippen molar-refractivity contribution in [2.75, 3.05) is 24.5 Å². The number of hydrogen-bond acceptors (Lipinski definition) is 5. The first-order chi connectivity index (χ1) is 13.9. The lowest BCUT2D eigenvalue weighted by Gasteiger charge is -2.29. The fourth-order valence-corrected chi connectivity index (χ4v) is 6.08. The van der Waals surface area contributed by atoms with Gasteiger partial charge in [-0.25, -0.2) is 18.4 Å². The third kappa shape index (κ3) is 3.20. The van der Waals surface area contributed by atoms with Gasteiger partial charge in [-0.3, -0.25) is 0 Å². The van der Waals surface area contributed by atoms with Crippen LogP contribution in [0.5, 0.6) is 0 Å². The zero-order valence-corrected chi connectivity index (χ0v) is 17.5. The van der Waals surface area contributed by atoms with Crippen LogP contribution in [0.2, 0.25) is 0 Å². The summed E-state index contributed by atoms with van der Waals surface area (Å²) in [7, 11) is -3.55. The highest BCUT2D eigenvalue weighted by atomic mass is 32.2. The standard InChI is InChI=1S/C21H25N5O2S/c1-15-3-5-17(6-4-15)29(27,28)26-13-21(8-9-21)12-25(11-16(26)2)20-18-7-10-22-19(18)23-14-24-20/h3-7,10,14,16H,8-9,11-13H2,1-2H3,(H,22,23,24). The molecule has 1 saturated carbocycles. The number of nitrogens with one attached hydrogen (secondary N) is 1. The van der Waals surface area contributed by atoms with Crippen molar-refractivity contribution in [2.45, 2.75) is 37.6 Å². The van der Waals surface area contributed by atoms with E-state index < -0.39 is 10.0 Å². The van der Waals surface area contributed by atoms with Crippen molar-refractivity contribution < 1.29 is 8.42 Å². The monoisotopic (exact) mass is 411 g/mol. The van der Waals surface area contributed by atoms with Crippen LogP contribution < -0.4 is 4.90 Å². The predicted octanol–water partition coefficient (Wildman–Crippen LogP) is 2.95. The average Bonchev–Trinajstić information content (AvgIpc) is 3.32. The van der Waals surface area contributed by atoms with Crippen LogP contribution in [0.1, 0.15) is 25.3 Å². The number of benzene rings is 1. The minimum absolute atomic E-state index is 0.00386. The van der Waals surface area contributed by atoms with E-state index in [0.29, 0.717) is 18.0 Å². The van der Waals surface area contributed by atoms with Crippen molar-refractivity contribution in [3.8, 4) is 0 Å². The molecule has 5 rings (SSSR count). The van der Waals surface area contributed by atoms with E-state index in [1.165, 1.54) is 0 Å². The van der Waals surface area contributed by atoms with E-state index in [2.05, 4.69) is 19.9 Å². The Morgan fingerprint density at radius 3 is 2.59 bits per heavy atom. The van der Waals surface area contributed by atoms with E-state index >= 15 is 0 Å². The van der Waals surface area contributed by atoms with Crippen LogP contribution in [0, 0.1) is 12.3 Å². The van der Waals surface area contributed by atoms with Crippen LogP contribution in [0.25, 0.3) is 11.0 Å². The van der Waals surface area contributed by atoms with Gasteiger partial charge in [0, 0.05) is 37.3 Å². The SMILES string of the molecule is Cc1ccc(S(=O)(=O)N2CC3(CC3)CN(c3ncnc4[nH]ccc34)CC2C)cc1. The molecule has 1 aliphatic carbocycles. The fraction of sp³-hybridized carbons (Fsp3) is 0.429. The fourth-order valence-electron chi connectivity index (χ4n) is 4.35. The van der Waals surface area contributed by atoms with Gasteiger partial charge in [-0.2, -0.15) is 4.31 Å². The summed E-state index contributed by atoms with van der Waals surface area (Å²) in [6.45, 7) is 5.93. The maximum Gasteiger partial charge on any atom is 0.243 e. The van der Waals surface area contributed by atoms with Crippen LogP contribution >= 0.6 is 0 Å². The first-order valence-electron chi connectivity index (χ1n) is 10.00. The molecule has 1 aromatic carbocycles. The third-order valence-corrected chi connectivity index (χ3v) is 8.19. The predicted molar refractivity (Wildman–Crippen MR) is 112 cm³/mol. The zero-order valence-electron chi connectivity index (χ0n) is 16.7. The van der Waals surface area contributed by atoms with Gasteiger partial charge in [0.1, 0.15) is 17.8 Å². The maximum atomic E-state index is 13.5. The number of H-pyrrole nitrogens is 1. The Labute approximate surface area is 170 Å². The molecule has 3 heterocycles. The van der Waals surface area contributed by atoms with E-state index in [0.717, 1.165) is 41.8 Å². The highest BCUT2D eigenvalue weighted by Crippen LogP contribution is 2.50. The topological polar surface area (TPSA) is 82.2 Å². The molecule has 1 saturated heterocycles. The molecule has 1 aliphatic heterocycles. The average molecular weight is 412 g/mol. The molecule has 29 heavy (non-hydrogen) atoms. The molecule has 152 valence electrons. The van der Waals surface area contributed by atoms with Crippen LogP contribution in [0.3, 0.4) is 0 Å². The molecule has 3 aromatic rings. The Morgan fingerprint density at radius 2 is 1.86 bits per heavy atom. The molecule has 2 aliphatic rings. The lowest BCUT2D eigenvalue weighted by Crippen LogP contribution is -2.43. The molecule has 0 amide bonds. The number of aromatic amines is 1. The van der Waals surface area contributed by atoms with Crippen LogP contribution in [0.15, 0.2) is 47.8 Å².